The van der Waals surface area contributed by atoms with Gasteiger partial charge in [0.2, 0.25) is 0 Å². The molecule has 0 fully saturated rings. The minimum atomic E-state index is -0.412. The molecule has 0 bridgehead atoms. The fourth-order valence-corrected chi connectivity index (χ4v) is 2.52. The summed E-state index contributed by atoms with van der Waals surface area (Å²) in [5.41, 5.74) is 1.88. The Hall–Kier alpha value is -1.41. The predicted molar refractivity (Wildman–Crippen MR) is 75.4 cm³/mol. The smallest absolute Gasteiger partial charge is 0.0813 e. The van der Waals surface area contributed by atoms with Gasteiger partial charge in [0.05, 0.1) is 11.6 Å². The summed E-state index contributed by atoms with van der Waals surface area (Å²) >= 11 is 0. The molecule has 0 aliphatic heterocycles. The highest BCUT2D eigenvalue weighted by Crippen LogP contribution is 2.28. The highest BCUT2D eigenvalue weighted by molar-refractivity contribution is 5.81. The molecule has 96 valence electrons. The normalized spacial score (nSPS) is 14.6. The zero-order chi connectivity index (χ0) is 13.0. The van der Waals surface area contributed by atoms with Crippen molar-refractivity contribution >= 4 is 10.9 Å². The van der Waals surface area contributed by atoms with Gasteiger partial charge in [0, 0.05) is 17.1 Å². The van der Waals surface area contributed by atoms with Crippen molar-refractivity contribution in [2.45, 2.75) is 39.2 Å². The molecular formula is C16H21NO. The number of rotatable bonds is 5. The SMILES string of the molecule is CCCC(C)CC(O)c1cccc2cccnc12. The number of aliphatic hydroxyl groups excluding tert-OH is 1. The van der Waals surface area contributed by atoms with E-state index < -0.39 is 6.10 Å². The lowest BCUT2D eigenvalue weighted by Gasteiger charge is -2.17. The molecule has 2 atom stereocenters. The monoisotopic (exact) mass is 243 g/mol. The Morgan fingerprint density at radius 1 is 1.22 bits per heavy atom. The van der Waals surface area contributed by atoms with Crippen LogP contribution in [0.5, 0.6) is 0 Å². The fourth-order valence-electron chi connectivity index (χ4n) is 2.52. The third-order valence-corrected chi connectivity index (χ3v) is 3.43. The largest absolute Gasteiger partial charge is 0.388 e. The van der Waals surface area contributed by atoms with E-state index in [0.717, 1.165) is 29.3 Å². The molecule has 0 spiro atoms. The number of aromatic nitrogens is 1. The Labute approximate surface area is 109 Å². The molecule has 0 saturated heterocycles. The van der Waals surface area contributed by atoms with Crippen molar-refractivity contribution in [3.8, 4) is 0 Å². The minimum absolute atomic E-state index is 0.412. The molecule has 0 saturated carbocycles. The summed E-state index contributed by atoms with van der Waals surface area (Å²) in [5.74, 6) is 0.545. The van der Waals surface area contributed by atoms with Crippen molar-refractivity contribution < 1.29 is 5.11 Å². The maximum absolute atomic E-state index is 10.4. The van der Waals surface area contributed by atoms with Gasteiger partial charge in [-0.3, -0.25) is 4.98 Å². The molecule has 1 aromatic heterocycles. The Morgan fingerprint density at radius 3 is 2.78 bits per heavy atom. The molecule has 2 rings (SSSR count). The van der Waals surface area contributed by atoms with Gasteiger partial charge in [-0.15, -0.1) is 0 Å². The van der Waals surface area contributed by atoms with Crippen molar-refractivity contribution in [2.75, 3.05) is 0 Å². The van der Waals surface area contributed by atoms with E-state index in [-0.39, 0.29) is 0 Å². The van der Waals surface area contributed by atoms with E-state index in [2.05, 4.69) is 18.8 Å². The summed E-state index contributed by atoms with van der Waals surface area (Å²) in [4.78, 5) is 4.40. The van der Waals surface area contributed by atoms with E-state index >= 15 is 0 Å². The van der Waals surface area contributed by atoms with Crippen molar-refractivity contribution in [2.24, 2.45) is 5.92 Å². The number of pyridine rings is 1. The number of fused-ring (bicyclic) bond motifs is 1. The zero-order valence-electron chi connectivity index (χ0n) is 11.1. The topological polar surface area (TPSA) is 33.1 Å². The van der Waals surface area contributed by atoms with Crippen LogP contribution in [0.4, 0.5) is 0 Å². The number of nitrogens with zero attached hydrogens (tertiary/aromatic N) is 1. The van der Waals surface area contributed by atoms with Gasteiger partial charge in [-0.25, -0.2) is 0 Å². The second kappa shape index (κ2) is 5.96. The highest BCUT2D eigenvalue weighted by Gasteiger charge is 2.14. The summed E-state index contributed by atoms with van der Waals surface area (Å²) < 4.78 is 0. The highest BCUT2D eigenvalue weighted by atomic mass is 16.3. The Morgan fingerprint density at radius 2 is 2.00 bits per heavy atom. The summed E-state index contributed by atoms with van der Waals surface area (Å²) in [5, 5.41) is 11.5. The molecule has 2 aromatic rings. The summed E-state index contributed by atoms with van der Waals surface area (Å²) in [6, 6.07) is 9.98. The van der Waals surface area contributed by atoms with Crippen LogP contribution in [0, 0.1) is 5.92 Å². The van der Waals surface area contributed by atoms with Gasteiger partial charge in [-0.05, 0) is 18.4 Å². The van der Waals surface area contributed by atoms with E-state index in [4.69, 9.17) is 0 Å². The first-order valence-electron chi connectivity index (χ1n) is 6.74. The maximum atomic E-state index is 10.4. The summed E-state index contributed by atoms with van der Waals surface area (Å²) in [6.45, 7) is 4.38. The van der Waals surface area contributed by atoms with Crippen LogP contribution in [-0.2, 0) is 0 Å². The van der Waals surface area contributed by atoms with Crippen LogP contribution >= 0.6 is 0 Å². The van der Waals surface area contributed by atoms with Crippen LogP contribution in [0.15, 0.2) is 36.5 Å². The third-order valence-electron chi connectivity index (χ3n) is 3.43. The van der Waals surface area contributed by atoms with Crippen LogP contribution in [0.2, 0.25) is 0 Å². The van der Waals surface area contributed by atoms with Crippen LogP contribution in [0.25, 0.3) is 10.9 Å². The molecule has 1 heterocycles. The predicted octanol–water partition coefficient (Wildman–Crippen LogP) is 4.09. The lowest BCUT2D eigenvalue weighted by Crippen LogP contribution is -2.05. The molecule has 0 radical (unpaired) electrons. The van der Waals surface area contributed by atoms with E-state index in [1.807, 2.05) is 30.3 Å². The summed E-state index contributed by atoms with van der Waals surface area (Å²) in [6.07, 6.45) is 4.51. The lowest BCUT2D eigenvalue weighted by molar-refractivity contribution is 0.146. The second-order valence-corrected chi connectivity index (χ2v) is 5.07. The van der Waals surface area contributed by atoms with Gasteiger partial charge in [0.1, 0.15) is 0 Å². The molecule has 1 aromatic carbocycles. The van der Waals surface area contributed by atoms with E-state index in [1.54, 1.807) is 6.20 Å². The van der Waals surface area contributed by atoms with E-state index in [0.29, 0.717) is 5.92 Å². The van der Waals surface area contributed by atoms with Gasteiger partial charge < -0.3 is 5.11 Å². The Bertz CT molecular complexity index is 504. The number of benzene rings is 1. The van der Waals surface area contributed by atoms with Crippen molar-refractivity contribution in [3.63, 3.8) is 0 Å². The number of para-hydroxylation sites is 1. The van der Waals surface area contributed by atoms with Crippen molar-refractivity contribution in [1.29, 1.82) is 0 Å². The third kappa shape index (κ3) is 2.88. The first-order chi connectivity index (χ1) is 8.72. The van der Waals surface area contributed by atoms with Crippen LogP contribution < -0.4 is 0 Å². The van der Waals surface area contributed by atoms with E-state index in [9.17, 15) is 5.11 Å². The number of hydrogen-bond acceptors (Lipinski definition) is 2. The van der Waals surface area contributed by atoms with Gasteiger partial charge in [-0.2, -0.15) is 0 Å². The quantitative estimate of drug-likeness (QED) is 0.857. The van der Waals surface area contributed by atoms with Gasteiger partial charge in [0.15, 0.2) is 0 Å². The second-order valence-electron chi connectivity index (χ2n) is 5.07. The molecule has 0 amide bonds. The Balaban J connectivity index is 2.24. The van der Waals surface area contributed by atoms with Gasteiger partial charge in [-0.1, -0.05) is 51.0 Å². The average Bonchev–Trinajstić information content (AvgIpc) is 2.38. The van der Waals surface area contributed by atoms with Gasteiger partial charge >= 0.3 is 0 Å². The zero-order valence-corrected chi connectivity index (χ0v) is 11.1. The van der Waals surface area contributed by atoms with Crippen molar-refractivity contribution in [3.05, 3.63) is 42.1 Å². The number of aliphatic hydroxyl groups is 1. The first-order valence-corrected chi connectivity index (χ1v) is 6.74. The van der Waals surface area contributed by atoms with Crippen molar-refractivity contribution in [1.82, 2.24) is 4.98 Å². The molecular weight excluding hydrogens is 222 g/mol. The molecule has 0 aliphatic rings. The van der Waals surface area contributed by atoms with Gasteiger partial charge in [0.25, 0.3) is 0 Å². The van der Waals surface area contributed by atoms with Crippen LogP contribution in [0.3, 0.4) is 0 Å². The lowest BCUT2D eigenvalue weighted by atomic mass is 9.94. The minimum Gasteiger partial charge on any atom is -0.388 e. The first kappa shape index (κ1) is 13.0. The molecule has 0 aliphatic carbocycles. The molecule has 1 N–H and O–H groups in total. The number of hydrogen-bond donors (Lipinski definition) is 1. The molecule has 2 unspecified atom stereocenters. The average molecular weight is 243 g/mol. The van der Waals surface area contributed by atoms with Crippen LogP contribution in [-0.4, -0.2) is 10.1 Å². The molecule has 2 heteroatoms. The molecule has 2 nitrogen and oxygen atoms in total. The molecule has 18 heavy (non-hydrogen) atoms. The van der Waals surface area contributed by atoms with Crippen LogP contribution in [0.1, 0.15) is 44.8 Å². The van der Waals surface area contributed by atoms with E-state index in [1.165, 1.54) is 6.42 Å². The maximum Gasteiger partial charge on any atom is 0.0813 e. The Kier molecular flexibility index (Phi) is 4.32. The summed E-state index contributed by atoms with van der Waals surface area (Å²) in [7, 11) is 0. The fraction of sp³-hybridized carbons (Fsp3) is 0.438. The standard InChI is InChI=1S/C16H21NO/c1-3-6-12(2)11-15(18)14-9-4-7-13-8-5-10-17-16(13)14/h4-5,7-10,12,15,18H,3,6,11H2,1-2H3.